The third kappa shape index (κ3) is 8.47. The molecule has 4 rings (SSSR count). The number of fused-ring (bicyclic) bond motifs is 1. The minimum Gasteiger partial charge on any atom is -0.507 e. The first-order valence-electron chi connectivity index (χ1n) is 14.6. The molecule has 1 aliphatic heterocycles. The van der Waals surface area contributed by atoms with Crippen molar-refractivity contribution < 1.29 is 34.1 Å². The van der Waals surface area contributed by atoms with Crippen LogP contribution in [0.2, 0.25) is 0 Å². The summed E-state index contributed by atoms with van der Waals surface area (Å²) in [7, 11) is 1.54. The van der Waals surface area contributed by atoms with Crippen molar-refractivity contribution in [1.29, 1.82) is 0 Å². The van der Waals surface area contributed by atoms with E-state index in [1.807, 2.05) is 0 Å². The number of amides is 1. The van der Waals surface area contributed by atoms with Crippen LogP contribution in [-0.2, 0) is 20.7 Å². The number of cyclic esters (lactones) is 1. The largest absolute Gasteiger partial charge is 0.507 e. The molecule has 4 N–H and O–H groups in total. The Morgan fingerprint density at radius 2 is 1.95 bits per heavy atom. The monoisotopic (exact) mass is 589 g/mol. The third-order valence-corrected chi connectivity index (χ3v) is 7.58. The zero-order valence-electron chi connectivity index (χ0n) is 24.6. The molecule has 0 radical (unpaired) electrons. The number of phenolic OH excluding ortho intramolecular Hbond substituents is 2. The fourth-order valence-corrected chi connectivity index (χ4v) is 5.26. The van der Waals surface area contributed by atoms with E-state index in [-0.39, 0.29) is 40.6 Å². The number of phenols is 2. The van der Waals surface area contributed by atoms with Crippen molar-refractivity contribution in [2.45, 2.75) is 70.3 Å². The van der Waals surface area contributed by atoms with Gasteiger partial charge in [-0.15, -0.1) is 0 Å². The van der Waals surface area contributed by atoms with Gasteiger partial charge in [-0.25, -0.2) is 9.78 Å². The van der Waals surface area contributed by atoms with Crippen LogP contribution in [0.25, 0.3) is 6.08 Å². The van der Waals surface area contributed by atoms with Gasteiger partial charge < -0.3 is 30.0 Å². The normalized spacial score (nSPS) is 16.9. The lowest BCUT2D eigenvalue weighted by Gasteiger charge is -2.23. The highest BCUT2D eigenvalue weighted by molar-refractivity contribution is 5.98. The molecule has 2 aromatic carbocycles. The molecule has 43 heavy (non-hydrogen) atoms. The number of aromatic amines is 1. The van der Waals surface area contributed by atoms with Crippen molar-refractivity contribution in [2.75, 3.05) is 13.7 Å². The van der Waals surface area contributed by atoms with Crippen LogP contribution >= 0.6 is 0 Å². The minimum absolute atomic E-state index is 0.0531. The molecule has 2 heterocycles. The highest BCUT2D eigenvalue weighted by Crippen LogP contribution is 2.44. The number of benzene rings is 2. The van der Waals surface area contributed by atoms with Crippen molar-refractivity contribution in [1.82, 2.24) is 15.3 Å². The van der Waals surface area contributed by atoms with Crippen molar-refractivity contribution in [2.24, 2.45) is 0 Å². The Morgan fingerprint density at radius 1 is 1.19 bits per heavy atom. The summed E-state index contributed by atoms with van der Waals surface area (Å²) in [6, 6.07) is 8.39. The van der Waals surface area contributed by atoms with Gasteiger partial charge in [0.25, 0.3) is 0 Å². The van der Waals surface area contributed by atoms with Crippen LogP contribution in [-0.4, -0.2) is 57.6 Å². The van der Waals surface area contributed by atoms with E-state index in [0.717, 1.165) is 5.69 Å². The molecule has 0 spiro atoms. The second kappa shape index (κ2) is 15.0. The first-order chi connectivity index (χ1) is 20.8. The van der Waals surface area contributed by atoms with E-state index in [1.165, 1.54) is 6.07 Å². The lowest BCUT2D eigenvalue weighted by Crippen LogP contribution is -2.27. The molecule has 10 nitrogen and oxygen atoms in total. The fraction of sp³-hybridized carbons (Fsp3) is 0.394. The third-order valence-electron chi connectivity index (χ3n) is 7.58. The number of methoxy groups -OCH3 is 1. The van der Waals surface area contributed by atoms with Crippen molar-refractivity contribution in [3.63, 3.8) is 0 Å². The average molecular weight is 590 g/mol. The number of carbonyl (C=O) groups is 3. The number of ether oxygens (including phenoxy) is 2. The highest BCUT2D eigenvalue weighted by Gasteiger charge is 2.31. The number of hydrogen-bond donors (Lipinski definition) is 4. The van der Waals surface area contributed by atoms with E-state index in [0.29, 0.717) is 62.8 Å². The van der Waals surface area contributed by atoms with Crippen LogP contribution in [0.5, 0.6) is 17.2 Å². The number of carbonyl (C=O) groups excluding carboxylic acids is 3. The number of hydrogen-bond acceptors (Lipinski definition) is 8. The summed E-state index contributed by atoms with van der Waals surface area (Å²) in [6.07, 6.45) is 9.91. The van der Waals surface area contributed by atoms with Gasteiger partial charge in [-0.3, -0.25) is 9.59 Å². The summed E-state index contributed by atoms with van der Waals surface area (Å²) in [5.74, 6) is -1.75. The summed E-state index contributed by atoms with van der Waals surface area (Å²) in [5, 5.41) is 25.8. The Kier molecular flexibility index (Phi) is 11.0. The van der Waals surface area contributed by atoms with Crippen molar-refractivity contribution in [3.8, 4) is 17.2 Å². The fourth-order valence-electron chi connectivity index (χ4n) is 5.26. The van der Waals surface area contributed by atoms with Gasteiger partial charge in [0, 0.05) is 55.6 Å². The van der Waals surface area contributed by atoms with E-state index in [1.54, 1.807) is 63.0 Å². The number of Topliss-reactive ketones (excluding diaryl/α,β-unsaturated/α-hetero) is 1. The molecular weight excluding hydrogens is 550 g/mol. The smallest absolute Gasteiger partial charge is 0.342 e. The molecule has 1 amide bonds. The molecular formula is C33H39N3O7. The molecule has 3 aromatic rings. The maximum Gasteiger partial charge on any atom is 0.342 e. The van der Waals surface area contributed by atoms with Gasteiger partial charge in [-0.05, 0) is 61.9 Å². The second-order valence-corrected chi connectivity index (χ2v) is 10.8. The number of esters is 1. The van der Waals surface area contributed by atoms with Gasteiger partial charge in [-0.2, -0.15) is 0 Å². The highest BCUT2D eigenvalue weighted by atomic mass is 16.5. The number of allylic oxidation sites excluding steroid dienone is 1. The predicted molar refractivity (Wildman–Crippen MR) is 161 cm³/mol. The van der Waals surface area contributed by atoms with Crippen LogP contribution in [0.1, 0.15) is 90.5 Å². The zero-order chi connectivity index (χ0) is 30.8. The van der Waals surface area contributed by atoms with Crippen molar-refractivity contribution in [3.05, 3.63) is 76.9 Å². The number of aromatic hydroxyl groups is 2. The lowest BCUT2D eigenvalue weighted by molar-refractivity contribution is -0.121. The SMILES string of the molecule is COc1ccc(C(CC(=O)NCCc2cnc[nH]2)c2c(O)cc3c(c2O)C(=O)O[C@@H](C)CCCC(=O)CCCC=C3)cc1. The summed E-state index contributed by atoms with van der Waals surface area (Å²) < 4.78 is 11.0. The Labute approximate surface area is 251 Å². The maximum atomic E-state index is 13.5. The zero-order valence-corrected chi connectivity index (χ0v) is 24.6. The molecule has 2 atom stereocenters. The van der Waals surface area contributed by atoms with Gasteiger partial charge in [0.15, 0.2) is 0 Å². The number of nitrogens with zero attached hydrogens (tertiary/aromatic N) is 1. The van der Waals surface area contributed by atoms with Gasteiger partial charge in [0.1, 0.15) is 28.6 Å². The van der Waals surface area contributed by atoms with Gasteiger partial charge in [0.05, 0.1) is 19.5 Å². The summed E-state index contributed by atoms with van der Waals surface area (Å²) in [4.78, 5) is 45.7. The number of nitrogens with one attached hydrogen (secondary N) is 2. The van der Waals surface area contributed by atoms with Gasteiger partial charge in [0.2, 0.25) is 5.91 Å². The van der Waals surface area contributed by atoms with Crippen LogP contribution < -0.4 is 10.1 Å². The maximum absolute atomic E-state index is 13.5. The standard InChI is InChI=1S/C33H39N3O7/c1-21-7-6-10-25(37)9-5-3-4-8-23-17-28(38)31(32(40)30(23)33(41)43-21)27(22-11-13-26(42-2)14-12-22)18-29(39)35-16-15-24-19-34-20-36-24/h4,8,11-14,17,19-21,27,38,40H,3,5-7,9-10,15-16,18H2,1-2H3,(H,34,36)(H,35,39)/t21-,27?/m0/s1. The summed E-state index contributed by atoms with van der Waals surface area (Å²) in [5.41, 5.74) is 1.77. The molecule has 0 fully saturated rings. The Balaban J connectivity index is 1.71. The first-order valence-corrected chi connectivity index (χ1v) is 14.6. The number of ketones is 1. The quantitative estimate of drug-likeness (QED) is 0.262. The van der Waals surface area contributed by atoms with E-state index < -0.39 is 23.7 Å². The Hall–Kier alpha value is -4.60. The predicted octanol–water partition coefficient (Wildman–Crippen LogP) is 5.19. The van der Waals surface area contributed by atoms with Crippen LogP contribution in [0.4, 0.5) is 0 Å². The molecule has 0 saturated heterocycles. The topological polar surface area (TPSA) is 151 Å². The molecule has 228 valence electrons. The number of aromatic nitrogens is 2. The molecule has 1 unspecified atom stereocenters. The summed E-state index contributed by atoms with van der Waals surface area (Å²) >= 11 is 0. The number of imidazole rings is 1. The van der Waals surface area contributed by atoms with E-state index in [9.17, 15) is 24.6 Å². The minimum atomic E-state index is -0.795. The molecule has 0 bridgehead atoms. The van der Waals surface area contributed by atoms with Crippen LogP contribution in [0.15, 0.2) is 48.9 Å². The van der Waals surface area contributed by atoms with Crippen molar-refractivity contribution >= 4 is 23.7 Å². The lowest BCUT2D eigenvalue weighted by atomic mass is 9.84. The van der Waals surface area contributed by atoms with Gasteiger partial charge in [-0.1, -0.05) is 24.3 Å². The number of rotatable bonds is 8. The van der Waals surface area contributed by atoms with Crippen LogP contribution in [0.3, 0.4) is 0 Å². The molecule has 0 saturated carbocycles. The molecule has 1 aromatic heterocycles. The first kappa shape index (κ1) is 31.3. The van der Waals surface area contributed by atoms with Gasteiger partial charge >= 0.3 is 5.97 Å². The molecule has 10 heteroatoms. The van der Waals surface area contributed by atoms with E-state index >= 15 is 0 Å². The Bertz CT molecular complexity index is 1430. The van der Waals surface area contributed by atoms with E-state index in [2.05, 4.69) is 15.3 Å². The number of H-pyrrole nitrogens is 1. The summed E-state index contributed by atoms with van der Waals surface area (Å²) in [6.45, 7) is 2.11. The van der Waals surface area contributed by atoms with E-state index in [4.69, 9.17) is 9.47 Å². The second-order valence-electron chi connectivity index (χ2n) is 10.8. The van der Waals surface area contributed by atoms with Crippen LogP contribution in [0, 0.1) is 0 Å². The average Bonchev–Trinajstić information content (AvgIpc) is 3.49. The molecule has 0 aliphatic carbocycles. The Morgan fingerprint density at radius 3 is 2.67 bits per heavy atom. The molecule has 1 aliphatic rings.